The van der Waals surface area contributed by atoms with Gasteiger partial charge in [0.05, 0.1) is 12.0 Å². The van der Waals surface area contributed by atoms with Gasteiger partial charge in [-0.2, -0.15) is 4.31 Å². The summed E-state index contributed by atoms with van der Waals surface area (Å²) in [5, 5.41) is 0. The molecule has 0 aromatic heterocycles. The van der Waals surface area contributed by atoms with Crippen molar-refractivity contribution in [3.8, 4) is 5.75 Å². The Morgan fingerprint density at radius 3 is 2.30 bits per heavy atom. The number of sulfonamides is 1. The molecule has 176 valence electrons. The second-order valence-electron chi connectivity index (χ2n) is 9.27. The number of fused-ring (bicyclic) bond motifs is 1. The normalized spacial score (nSPS) is 21.6. The van der Waals surface area contributed by atoms with Crippen molar-refractivity contribution in [3.63, 3.8) is 0 Å². The van der Waals surface area contributed by atoms with Crippen molar-refractivity contribution >= 4 is 27.3 Å². The van der Waals surface area contributed by atoms with Crippen LogP contribution in [0.25, 0.3) is 0 Å². The number of nitrogens with zero attached hydrogens (tertiary/aromatic N) is 3. The van der Waals surface area contributed by atoms with E-state index in [9.17, 15) is 13.2 Å². The van der Waals surface area contributed by atoms with Crippen LogP contribution >= 0.6 is 0 Å². The van der Waals surface area contributed by atoms with Crippen LogP contribution in [0.2, 0.25) is 0 Å². The number of benzene rings is 2. The van der Waals surface area contributed by atoms with Gasteiger partial charge in [-0.3, -0.25) is 4.79 Å². The second kappa shape index (κ2) is 8.65. The standard InChI is InChI=1S/C25H31N3O4S/c1-18-16-20-17-23(10-11-24(20)28(18)25(29)19-4-3-5-19)33(30,31)27-14-12-26(13-15-27)21-6-8-22(32-2)9-7-21/h6-11,17-19H,3-5,12-16H2,1-2H3/t18-/m1/s1. The molecule has 8 heteroatoms. The Labute approximate surface area is 196 Å². The minimum Gasteiger partial charge on any atom is -0.497 e. The van der Waals surface area contributed by atoms with E-state index in [-0.39, 0.29) is 17.9 Å². The number of methoxy groups -OCH3 is 1. The van der Waals surface area contributed by atoms with Crippen molar-refractivity contribution in [2.24, 2.45) is 5.92 Å². The van der Waals surface area contributed by atoms with Crippen LogP contribution in [0.3, 0.4) is 0 Å². The number of ether oxygens (including phenoxy) is 1. The second-order valence-corrected chi connectivity index (χ2v) is 11.2. The third-order valence-electron chi connectivity index (χ3n) is 7.27. The topological polar surface area (TPSA) is 70.2 Å². The quantitative estimate of drug-likeness (QED) is 0.672. The fourth-order valence-electron chi connectivity index (χ4n) is 5.08. The number of hydrogen-bond acceptors (Lipinski definition) is 5. The maximum absolute atomic E-state index is 13.4. The van der Waals surface area contributed by atoms with Crippen molar-refractivity contribution in [2.45, 2.75) is 43.5 Å². The number of rotatable bonds is 5. The molecule has 1 saturated heterocycles. The number of carbonyl (C=O) groups excluding carboxylic acids is 1. The Bertz CT molecular complexity index is 1140. The lowest BCUT2D eigenvalue weighted by atomic mass is 9.84. The molecule has 0 N–H and O–H groups in total. The van der Waals surface area contributed by atoms with Gasteiger partial charge < -0.3 is 14.5 Å². The van der Waals surface area contributed by atoms with E-state index in [1.54, 1.807) is 23.5 Å². The van der Waals surface area contributed by atoms with Gasteiger partial charge in [-0.25, -0.2) is 8.42 Å². The maximum atomic E-state index is 13.4. The summed E-state index contributed by atoms with van der Waals surface area (Å²) in [6.07, 6.45) is 3.75. The summed E-state index contributed by atoms with van der Waals surface area (Å²) in [6, 6.07) is 13.2. The first-order valence-electron chi connectivity index (χ1n) is 11.7. The highest BCUT2D eigenvalue weighted by atomic mass is 32.2. The zero-order valence-corrected chi connectivity index (χ0v) is 20.1. The Balaban J connectivity index is 1.29. The molecule has 33 heavy (non-hydrogen) atoms. The molecule has 3 aliphatic rings. The summed E-state index contributed by atoms with van der Waals surface area (Å²) in [5.74, 6) is 1.13. The zero-order valence-electron chi connectivity index (χ0n) is 19.2. The van der Waals surface area contributed by atoms with E-state index in [1.807, 2.05) is 42.2 Å². The number of anilines is 2. The summed E-state index contributed by atoms with van der Waals surface area (Å²) in [5.41, 5.74) is 2.89. The summed E-state index contributed by atoms with van der Waals surface area (Å²) in [7, 11) is -1.94. The summed E-state index contributed by atoms with van der Waals surface area (Å²) in [6.45, 7) is 4.19. The van der Waals surface area contributed by atoms with Crippen LogP contribution < -0.4 is 14.5 Å². The van der Waals surface area contributed by atoms with Crippen molar-refractivity contribution in [2.75, 3.05) is 43.1 Å². The average Bonchev–Trinajstić information content (AvgIpc) is 3.13. The van der Waals surface area contributed by atoms with Crippen molar-refractivity contribution in [3.05, 3.63) is 48.0 Å². The predicted molar refractivity (Wildman–Crippen MR) is 128 cm³/mol. The molecule has 2 aromatic rings. The molecule has 0 bridgehead atoms. The first kappa shape index (κ1) is 22.2. The van der Waals surface area contributed by atoms with Gasteiger partial charge in [0, 0.05) is 49.5 Å². The largest absolute Gasteiger partial charge is 0.497 e. The van der Waals surface area contributed by atoms with Crippen molar-refractivity contribution in [1.29, 1.82) is 0 Å². The minimum atomic E-state index is -3.58. The lowest BCUT2D eigenvalue weighted by Gasteiger charge is -2.35. The van der Waals surface area contributed by atoms with E-state index in [4.69, 9.17) is 4.74 Å². The Morgan fingerprint density at radius 2 is 1.70 bits per heavy atom. The molecule has 1 amide bonds. The molecule has 7 nitrogen and oxygen atoms in total. The predicted octanol–water partition coefficient (Wildman–Crippen LogP) is 3.28. The van der Waals surface area contributed by atoms with Crippen molar-refractivity contribution in [1.82, 2.24) is 4.31 Å². The summed E-state index contributed by atoms with van der Waals surface area (Å²) in [4.78, 5) is 17.3. The molecule has 0 unspecified atom stereocenters. The molecular weight excluding hydrogens is 438 g/mol. The minimum absolute atomic E-state index is 0.0686. The third-order valence-corrected chi connectivity index (χ3v) is 9.17. The Morgan fingerprint density at radius 1 is 1.00 bits per heavy atom. The number of hydrogen-bond donors (Lipinski definition) is 0. The fraction of sp³-hybridized carbons (Fsp3) is 0.480. The first-order valence-corrected chi connectivity index (χ1v) is 13.2. The van der Waals surface area contributed by atoms with Crippen LogP contribution in [0, 0.1) is 5.92 Å². The fourth-order valence-corrected chi connectivity index (χ4v) is 6.56. The Hall–Kier alpha value is -2.58. The average molecular weight is 470 g/mol. The molecule has 5 rings (SSSR count). The summed E-state index contributed by atoms with van der Waals surface area (Å²) >= 11 is 0. The molecule has 2 aromatic carbocycles. The molecule has 1 saturated carbocycles. The van der Waals surface area contributed by atoms with Crippen molar-refractivity contribution < 1.29 is 17.9 Å². The van der Waals surface area contributed by atoms with Crippen LogP contribution in [-0.2, 0) is 21.2 Å². The zero-order chi connectivity index (χ0) is 23.2. The van der Waals surface area contributed by atoms with Gasteiger partial charge in [0.1, 0.15) is 5.75 Å². The molecular formula is C25H31N3O4S. The first-order chi connectivity index (χ1) is 15.9. The molecule has 0 spiro atoms. The van der Waals surface area contributed by atoms with Gasteiger partial charge in [-0.15, -0.1) is 0 Å². The SMILES string of the molecule is COc1ccc(N2CCN(S(=O)(=O)c3ccc4c(c3)C[C@@H](C)N4C(=O)C3CCC3)CC2)cc1. The van der Waals surface area contributed by atoms with Gasteiger partial charge in [0.15, 0.2) is 0 Å². The highest BCUT2D eigenvalue weighted by Gasteiger charge is 2.38. The lowest BCUT2D eigenvalue weighted by molar-refractivity contribution is -0.125. The number of amides is 1. The van der Waals surface area contributed by atoms with E-state index in [2.05, 4.69) is 4.90 Å². The lowest BCUT2D eigenvalue weighted by Crippen LogP contribution is -2.48. The van der Waals surface area contributed by atoms with Gasteiger partial charge >= 0.3 is 0 Å². The highest BCUT2D eigenvalue weighted by Crippen LogP contribution is 2.38. The van der Waals surface area contributed by atoms with E-state index < -0.39 is 10.0 Å². The smallest absolute Gasteiger partial charge is 0.243 e. The van der Waals surface area contributed by atoms with E-state index >= 15 is 0 Å². The number of piperazine rings is 1. The third kappa shape index (κ3) is 3.99. The summed E-state index contributed by atoms with van der Waals surface area (Å²) < 4.78 is 33.6. The van der Waals surface area contributed by atoms with Crippen LogP contribution in [-0.4, -0.2) is 58.0 Å². The molecule has 2 aliphatic heterocycles. The van der Waals surface area contributed by atoms with Crippen LogP contribution in [0.1, 0.15) is 31.7 Å². The molecule has 2 heterocycles. The molecule has 1 aliphatic carbocycles. The van der Waals surface area contributed by atoms with Gasteiger partial charge in [-0.1, -0.05) is 6.42 Å². The Kier molecular flexibility index (Phi) is 5.82. The van der Waals surface area contributed by atoms with Crippen LogP contribution in [0.5, 0.6) is 5.75 Å². The van der Waals surface area contributed by atoms with E-state index in [0.29, 0.717) is 37.5 Å². The number of carbonyl (C=O) groups is 1. The molecule has 1 atom stereocenters. The van der Waals surface area contributed by atoms with Gasteiger partial charge in [-0.05, 0) is 74.2 Å². The molecule has 0 radical (unpaired) electrons. The van der Waals surface area contributed by atoms with E-state index in [0.717, 1.165) is 42.0 Å². The van der Waals surface area contributed by atoms with Crippen LogP contribution in [0.15, 0.2) is 47.4 Å². The van der Waals surface area contributed by atoms with Gasteiger partial charge in [0.2, 0.25) is 15.9 Å². The van der Waals surface area contributed by atoms with Crippen LogP contribution in [0.4, 0.5) is 11.4 Å². The highest BCUT2D eigenvalue weighted by molar-refractivity contribution is 7.89. The van der Waals surface area contributed by atoms with E-state index in [1.165, 1.54) is 0 Å². The van der Waals surface area contributed by atoms with Gasteiger partial charge in [0.25, 0.3) is 0 Å². The monoisotopic (exact) mass is 469 g/mol. The molecule has 2 fully saturated rings. The maximum Gasteiger partial charge on any atom is 0.243 e.